The van der Waals surface area contributed by atoms with E-state index in [2.05, 4.69) is 0 Å². The van der Waals surface area contributed by atoms with E-state index in [0.717, 1.165) is 17.5 Å². The third-order valence-corrected chi connectivity index (χ3v) is 3.95. The average molecular weight is 291 g/mol. The lowest BCUT2D eigenvalue weighted by Gasteiger charge is -2.32. The molecular weight excluding hydrogens is 270 g/mol. The van der Waals surface area contributed by atoms with E-state index in [0.29, 0.717) is 19.5 Å². The fraction of sp³-hybridized carbons (Fsp3) is 0.500. The van der Waals surface area contributed by atoms with Crippen molar-refractivity contribution in [3.05, 3.63) is 34.9 Å². The number of ether oxygens (including phenoxy) is 1. The Morgan fingerprint density at radius 3 is 2.67 bits per heavy atom. The maximum absolute atomic E-state index is 12.3. The Balaban J connectivity index is 2.13. The van der Waals surface area contributed by atoms with Crippen molar-refractivity contribution in [1.29, 1.82) is 0 Å². The average Bonchev–Trinajstić information content (AvgIpc) is 2.45. The van der Waals surface area contributed by atoms with E-state index in [1.165, 1.54) is 0 Å². The first kappa shape index (κ1) is 15.5. The number of benzene rings is 1. The third-order valence-electron chi connectivity index (χ3n) is 3.95. The van der Waals surface area contributed by atoms with Crippen LogP contribution >= 0.6 is 0 Å². The van der Waals surface area contributed by atoms with Crippen molar-refractivity contribution in [3.63, 3.8) is 0 Å². The number of amides is 1. The minimum absolute atomic E-state index is 0.0354. The lowest BCUT2D eigenvalue weighted by molar-refractivity contribution is -0.137. The van der Waals surface area contributed by atoms with E-state index in [-0.39, 0.29) is 11.5 Å². The van der Waals surface area contributed by atoms with Crippen molar-refractivity contribution in [3.8, 4) is 0 Å². The molecule has 0 fully saturated rings. The molecule has 0 radical (unpaired) electrons. The topological polar surface area (TPSA) is 66.8 Å². The standard InChI is InChI=1S/C16H21NO4/c1-16(2,21-3)9-14(18)17-7-6-11-4-5-12(15(19)20)8-13(11)10-17/h4-5,8H,6-7,9-10H2,1-3H3,(H,19,20). The molecule has 0 bridgehead atoms. The van der Waals surface area contributed by atoms with Gasteiger partial charge in [0.05, 0.1) is 17.6 Å². The highest BCUT2D eigenvalue weighted by molar-refractivity contribution is 5.88. The summed E-state index contributed by atoms with van der Waals surface area (Å²) < 4.78 is 5.29. The molecule has 114 valence electrons. The molecule has 0 unspecified atom stereocenters. The summed E-state index contributed by atoms with van der Waals surface area (Å²) in [4.78, 5) is 25.1. The quantitative estimate of drug-likeness (QED) is 0.922. The number of methoxy groups -OCH3 is 1. The first-order valence-corrected chi connectivity index (χ1v) is 7.00. The molecule has 1 aromatic carbocycles. The summed E-state index contributed by atoms with van der Waals surface area (Å²) in [6, 6.07) is 5.13. The molecule has 0 aliphatic carbocycles. The zero-order valence-electron chi connectivity index (χ0n) is 12.7. The molecule has 1 amide bonds. The maximum Gasteiger partial charge on any atom is 0.335 e. The van der Waals surface area contributed by atoms with Crippen molar-refractivity contribution in [2.24, 2.45) is 0 Å². The van der Waals surface area contributed by atoms with Crippen molar-refractivity contribution >= 4 is 11.9 Å². The number of carbonyl (C=O) groups is 2. The van der Waals surface area contributed by atoms with Gasteiger partial charge in [0, 0.05) is 20.2 Å². The predicted molar refractivity (Wildman–Crippen MR) is 78.2 cm³/mol. The highest BCUT2D eigenvalue weighted by Gasteiger charge is 2.27. The van der Waals surface area contributed by atoms with E-state index in [1.54, 1.807) is 24.1 Å². The van der Waals surface area contributed by atoms with Crippen LogP contribution in [0.1, 0.15) is 41.8 Å². The molecule has 1 aromatic rings. The number of aromatic carboxylic acids is 1. The van der Waals surface area contributed by atoms with Gasteiger partial charge in [0.2, 0.25) is 5.91 Å². The van der Waals surface area contributed by atoms with Gasteiger partial charge in [-0.3, -0.25) is 4.79 Å². The number of carbonyl (C=O) groups excluding carboxylic acids is 1. The highest BCUT2D eigenvalue weighted by atomic mass is 16.5. The van der Waals surface area contributed by atoms with Gasteiger partial charge in [-0.25, -0.2) is 4.79 Å². The number of nitrogens with zero attached hydrogens (tertiary/aromatic N) is 1. The lowest BCUT2D eigenvalue weighted by Crippen LogP contribution is -2.40. The van der Waals surface area contributed by atoms with Crippen molar-refractivity contribution in [2.75, 3.05) is 13.7 Å². The zero-order valence-corrected chi connectivity index (χ0v) is 12.7. The van der Waals surface area contributed by atoms with Crippen LogP contribution in [0.4, 0.5) is 0 Å². The summed E-state index contributed by atoms with van der Waals surface area (Å²) in [5.74, 6) is -0.907. The van der Waals surface area contributed by atoms with Gasteiger partial charge in [-0.1, -0.05) is 6.07 Å². The van der Waals surface area contributed by atoms with Crippen LogP contribution in [0.5, 0.6) is 0 Å². The molecule has 0 saturated heterocycles. The number of rotatable bonds is 4. The van der Waals surface area contributed by atoms with E-state index in [4.69, 9.17) is 9.84 Å². The molecule has 5 nitrogen and oxygen atoms in total. The second kappa shape index (κ2) is 5.85. The van der Waals surface area contributed by atoms with Crippen LogP contribution in [0.3, 0.4) is 0 Å². The molecule has 0 saturated carbocycles. The first-order valence-electron chi connectivity index (χ1n) is 7.00. The summed E-state index contributed by atoms with van der Waals surface area (Å²) >= 11 is 0. The Morgan fingerprint density at radius 2 is 2.05 bits per heavy atom. The summed E-state index contributed by atoms with van der Waals surface area (Å²) in [6.07, 6.45) is 1.08. The van der Waals surface area contributed by atoms with Crippen LogP contribution in [0.15, 0.2) is 18.2 Å². The summed E-state index contributed by atoms with van der Waals surface area (Å²) in [6.45, 7) is 4.89. The van der Waals surface area contributed by atoms with E-state index in [1.807, 2.05) is 19.9 Å². The second-order valence-corrected chi connectivity index (χ2v) is 5.99. The minimum atomic E-state index is -0.943. The SMILES string of the molecule is COC(C)(C)CC(=O)N1CCc2ccc(C(=O)O)cc2C1. The molecule has 1 aliphatic heterocycles. The van der Waals surface area contributed by atoms with Crippen molar-refractivity contribution in [1.82, 2.24) is 4.90 Å². The normalized spacial score (nSPS) is 14.7. The Kier molecular flexibility index (Phi) is 4.32. The summed E-state index contributed by atoms with van der Waals surface area (Å²) in [5.41, 5.74) is 1.82. The lowest BCUT2D eigenvalue weighted by atomic mass is 9.96. The molecular formula is C16H21NO4. The molecule has 2 rings (SSSR count). The Hall–Kier alpha value is -1.88. The predicted octanol–water partition coefficient (Wildman–Crippen LogP) is 2.08. The first-order chi connectivity index (χ1) is 9.82. The maximum atomic E-state index is 12.3. The van der Waals surface area contributed by atoms with Gasteiger partial charge in [-0.2, -0.15) is 0 Å². The fourth-order valence-corrected chi connectivity index (χ4v) is 2.45. The van der Waals surface area contributed by atoms with Crippen LogP contribution < -0.4 is 0 Å². The fourth-order valence-electron chi connectivity index (χ4n) is 2.45. The number of carboxylic acid groups (broad SMARTS) is 1. The van der Waals surface area contributed by atoms with Crippen LogP contribution in [-0.2, 0) is 22.5 Å². The van der Waals surface area contributed by atoms with E-state index in [9.17, 15) is 9.59 Å². The monoisotopic (exact) mass is 291 g/mol. The van der Waals surface area contributed by atoms with Gasteiger partial charge in [-0.05, 0) is 43.5 Å². The smallest absolute Gasteiger partial charge is 0.335 e. The summed E-state index contributed by atoms with van der Waals surface area (Å²) in [5, 5.41) is 9.05. The second-order valence-electron chi connectivity index (χ2n) is 5.99. The molecule has 1 N–H and O–H groups in total. The molecule has 0 aromatic heterocycles. The van der Waals surface area contributed by atoms with Gasteiger partial charge in [0.25, 0.3) is 0 Å². The van der Waals surface area contributed by atoms with Crippen LogP contribution in [0.2, 0.25) is 0 Å². The number of hydrogen-bond acceptors (Lipinski definition) is 3. The van der Waals surface area contributed by atoms with Gasteiger partial charge in [-0.15, -0.1) is 0 Å². The van der Waals surface area contributed by atoms with Crippen LogP contribution in [0.25, 0.3) is 0 Å². The molecule has 1 heterocycles. The Morgan fingerprint density at radius 1 is 1.33 bits per heavy atom. The number of carboxylic acids is 1. The van der Waals surface area contributed by atoms with Crippen LogP contribution in [0, 0.1) is 0 Å². The van der Waals surface area contributed by atoms with Gasteiger partial charge < -0.3 is 14.7 Å². The zero-order chi connectivity index (χ0) is 15.6. The minimum Gasteiger partial charge on any atom is -0.478 e. The van der Waals surface area contributed by atoms with Gasteiger partial charge in [0.1, 0.15) is 0 Å². The Labute approximate surface area is 124 Å². The number of fused-ring (bicyclic) bond motifs is 1. The molecule has 5 heteroatoms. The van der Waals surface area contributed by atoms with Crippen molar-refractivity contribution in [2.45, 2.75) is 38.8 Å². The molecule has 1 aliphatic rings. The molecule has 21 heavy (non-hydrogen) atoms. The third kappa shape index (κ3) is 3.61. The Bertz CT molecular complexity index is 565. The highest BCUT2D eigenvalue weighted by Crippen LogP contribution is 2.23. The van der Waals surface area contributed by atoms with E-state index < -0.39 is 11.6 Å². The van der Waals surface area contributed by atoms with Crippen molar-refractivity contribution < 1.29 is 19.4 Å². The molecule has 0 spiro atoms. The van der Waals surface area contributed by atoms with E-state index >= 15 is 0 Å². The van der Waals surface area contributed by atoms with Crippen LogP contribution in [-0.4, -0.2) is 41.1 Å². The largest absolute Gasteiger partial charge is 0.478 e. The molecule has 0 atom stereocenters. The summed E-state index contributed by atoms with van der Waals surface area (Å²) in [7, 11) is 1.60. The number of hydrogen-bond donors (Lipinski definition) is 1. The van der Waals surface area contributed by atoms with Gasteiger partial charge in [0.15, 0.2) is 0 Å². The van der Waals surface area contributed by atoms with Gasteiger partial charge >= 0.3 is 5.97 Å².